The molecule has 4 nitrogen and oxygen atoms in total. The van der Waals surface area contributed by atoms with Gasteiger partial charge in [0.2, 0.25) is 0 Å². The van der Waals surface area contributed by atoms with Gasteiger partial charge in [-0.2, -0.15) is 0 Å². The lowest BCUT2D eigenvalue weighted by atomic mass is 10.1. The Labute approximate surface area is 118 Å². The third kappa shape index (κ3) is 2.47. The van der Waals surface area contributed by atoms with Gasteiger partial charge in [0.25, 0.3) is 0 Å². The van der Waals surface area contributed by atoms with Gasteiger partial charge in [-0.15, -0.1) is 11.3 Å². The van der Waals surface area contributed by atoms with Crippen LogP contribution < -0.4 is 5.73 Å². The van der Waals surface area contributed by atoms with Crippen molar-refractivity contribution in [3.8, 4) is 0 Å². The number of fused-ring (bicyclic) bond motifs is 1. The number of nitrogens with two attached hydrogens (primary N) is 1. The predicted octanol–water partition coefficient (Wildman–Crippen LogP) is 3.06. The number of imidazole rings is 1. The summed E-state index contributed by atoms with van der Waals surface area (Å²) >= 11 is 7.43. The standard InChI is InChI=1S/C13H10ClN3OS/c14-9-3-8(4-10(15)5-9)12(18)6-11-7-17-1-2-19-13(17)16-11/h1-5,7H,6,15H2. The van der Waals surface area contributed by atoms with E-state index in [4.69, 9.17) is 17.3 Å². The molecule has 0 spiro atoms. The van der Waals surface area contributed by atoms with Crippen molar-refractivity contribution in [2.24, 2.45) is 0 Å². The highest BCUT2D eigenvalue weighted by Crippen LogP contribution is 2.19. The van der Waals surface area contributed by atoms with Crippen LogP contribution in [0.15, 0.2) is 36.0 Å². The molecule has 0 unspecified atom stereocenters. The zero-order valence-electron chi connectivity index (χ0n) is 9.84. The van der Waals surface area contributed by atoms with E-state index in [0.717, 1.165) is 10.7 Å². The number of rotatable bonds is 3. The molecular weight excluding hydrogens is 282 g/mol. The van der Waals surface area contributed by atoms with Crippen molar-refractivity contribution < 1.29 is 4.79 Å². The van der Waals surface area contributed by atoms with E-state index >= 15 is 0 Å². The number of anilines is 1. The monoisotopic (exact) mass is 291 g/mol. The van der Waals surface area contributed by atoms with Crippen molar-refractivity contribution in [3.63, 3.8) is 0 Å². The molecule has 0 radical (unpaired) electrons. The molecule has 3 rings (SSSR count). The Morgan fingerprint density at radius 3 is 3.00 bits per heavy atom. The third-order valence-corrected chi connectivity index (χ3v) is 3.72. The summed E-state index contributed by atoms with van der Waals surface area (Å²) in [7, 11) is 0. The first kappa shape index (κ1) is 12.2. The van der Waals surface area contributed by atoms with Crippen LogP contribution in [0.2, 0.25) is 5.02 Å². The molecule has 0 aliphatic rings. The number of nitrogens with zero attached hydrogens (tertiary/aromatic N) is 2. The lowest BCUT2D eigenvalue weighted by Gasteiger charge is -2.02. The molecular formula is C13H10ClN3OS. The highest BCUT2D eigenvalue weighted by molar-refractivity contribution is 7.15. The summed E-state index contributed by atoms with van der Waals surface area (Å²) in [5.41, 5.74) is 7.43. The van der Waals surface area contributed by atoms with Crippen LogP contribution in [0.1, 0.15) is 16.1 Å². The highest BCUT2D eigenvalue weighted by atomic mass is 35.5. The highest BCUT2D eigenvalue weighted by Gasteiger charge is 2.11. The fraction of sp³-hybridized carbons (Fsp3) is 0.0769. The first-order valence-electron chi connectivity index (χ1n) is 5.62. The fourth-order valence-corrected chi connectivity index (χ4v) is 2.86. The third-order valence-electron chi connectivity index (χ3n) is 2.73. The summed E-state index contributed by atoms with van der Waals surface area (Å²) in [5.74, 6) is -0.0417. The summed E-state index contributed by atoms with van der Waals surface area (Å²) < 4.78 is 1.90. The minimum atomic E-state index is -0.0417. The van der Waals surface area contributed by atoms with E-state index in [9.17, 15) is 4.79 Å². The molecule has 0 amide bonds. The molecule has 0 saturated heterocycles. The molecule has 3 aromatic rings. The topological polar surface area (TPSA) is 60.4 Å². The maximum atomic E-state index is 12.2. The van der Waals surface area contributed by atoms with E-state index in [2.05, 4.69) is 4.98 Å². The summed E-state index contributed by atoms with van der Waals surface area (Å²) in [6.07, 6.45) is 4.02. The van der Waals surface area contributed by atoms with Crippen LogP contribution in [0.4, 0.5) is 5.69 Å². The van der Waals surface area contributed by atoms with Gasteiger partial charge >= 0.3 is 0 Å². The number of halogens is 1. The number of aromatic nitrogens is 2. The van der Waals surface area contributed by atoms with Crippen LogP contribution in [0, 0.1) is 0 Å². The van der Waals surface area contributed by atoms with Gasteiger partial charge < -0.3 is 5.73 Å². The number of thiazole rings is 1. The number of hydrogen-bond acceptors (Lipinski definition) is 4. The lowest BCUT2D eigenvalue weighted by Crippen LogP contribution is -2.04. The van der Waals surface area contributed by atoms with Crippen LogP contribution in [-0.4, -0.2) is 15.2 Å². The van der Waals surface area contributed by atoms with Gasteiger partial charge in [0.15, 0.2) is 10.7 Å². The smallest absolute Gasteiger partial charge is 0.193 e. The number of carbonyl (C=O) groups excluding carboxylic acids is 1. The quantitative estimate of drug-likeness (QED) is 0.596. The van der Waals surface area contributed by atoms with Crippen molar-refractivity contribution in [2.75, 3.05) is 5.73 Å². The van der Waals surface area contributed by atoms with Gasteiger partial charge in [0, 0.05) is 34.0 Å². The lowest BCUT2D eigenvalue weighted by molar-refractivity contribution is 0.0992. The second-order valence-electron chi connectivity index (χ2n) is 4.20. The minimum Gasteiger partial charge on any atom is -0.399 e. The number of nitrogen functional groups attached to an aromatic ring is 1. The average molecular weight is 292 g/mol. The molecule has 1 aromatic carbocycles. The van der Waals surface area contributed by atoms with Gasteiger partial charge in [-0.1, -0.05) is 11.6 Å². The Hall–Kier alpha value is -1.85. The van der Waals surface area contributed by atoms with E-state index in [1.807, 2.05) is 22.2 Å². The van der Waals surface area contributed by atoms with Crippen LogP contribution in [0.5, 0.6) is 0 Å². The zero-order valence-corrected chi connectivity index (χ0v) is 11.4. The molecule has 2 aromatic heterocycles. The van der Waals surface area contributed by atoms with Gasteiger partial charge in [-0.3, -0.25) is 9.20 Å². The normalized spacial score (nSPS) is 11.0. The fourth-order valence-electron chi connectivity index (χ4n) is 1.90. The summed E-state index contributed by atoms with van der Waals surface area (Å²) in [6, 6.07) is 4.87. The first-order chi connectivity index (χ1) is 9.11. The minimum absolute atomic E-state index is 0.0417. The van der Waals surface area contributed by atoms with Crippen molar-refractivity contribution in [1.29, 1.82) is 0 Å². The van der Waals surface area contributed by atoms with E-state index < -0.39 is 0 Å². The van der Waals surface area contributed by atoms with E-state index in [1.54, 1.807) is 18.2 Å². The Morgan fingerprint density at radius 1 is 1.42 bits per heavy atom. The largest absolute Gasteiger partial charge is 0.399 e. The van der Waals surface area contributed by atoms with E-state index in [-0.39, 0.29) is 12.2 Å². The van der Waals surface area contributed by atoms with Crippen molar-refractivity contribution in [1.82, 2.24) is 9.38 Å². The molecule has 0 fully saturated rings. The van der Waals surface area contributed by atoms with Crippen LogP contribution >= 0.6 is 22.9 Å². The van der Waals surface area contributed by atoms with Crippen molar-refractivity contribution >= 4 is 39.4 Å². The Balaban J connectivity index is 1.86. The zero-order chi connectivity index (χ0) is 13.4. The number of hydrogen-bond donors (Lipinski definition) is 1. The predicted molar refractivity (Wildman–Crippen MR) is 77.0 cm³/mol. The maximum Gasteiger partial charge on any atom is 0.193 e. The molecule has 19 heavy (non-hydrogen) atoms. The molecule has 6 heteroatoms. The van der Waals surface area contributed by atoms with Gasteiger partial charge in [-0.05, 0) is 18.2 Å². The summed E-state index contributed by atoms with van der Waals surface area (Å²) in [5, 5.41) is 2.42. The van der Waals surface area contributed by atoms with Gasteiger partial charge in [0.05, 0.1) is 12.1 Å². The average Bonchev–Trinajstić information content (AvgIpc) is 2.88. The number of ketones is 1. The molecule has 0 aliphatic carbocycles. The molecule has 2 N–H and O–H groups in total. The number of Topliss-reactive ketones (excluding diaryl/α,β-unsaturated/α-hetero) is 1. The molecule has 96 valence electrons. The van der Waals surface area contributed by atoms with E-state index in [1.165, 1.54) is 11.3 Å². The van der Waals surface area contributed by atoms with Gasteiger partial charge in [-0.25, -0.2) is 4.98 Å². The van der Waals surface area contributed by atoms with Crippen LogP contribution in [0.3, 0.4) is 0 Å². The second-order valence-corrected chi connectivity index (χ2v) is 5.51. The Kier molecular flexibility index (Phi) is 3.00. The number of benzene rings is 1. The van der Waals surface area contributed by atoms with Crippen LogP contribution in [-0.2, 0) is 6.42 Å². The first-order valence-corrected chi connectivity index (χ1v) is 6.88. The molecule has 0 atom stereocenters. The molecule has 0 saturated carbocycles. The van der Waals surface area contributed by atoms with Crippen molar-refractivity contribution in [2.45, 2.75) is 6.42 Å². The van der Waals surface area contributed by atoms with E-state index in [0.29, 0.717) is 16.3 Å². The summed E-state index contributed by atoms with van der Waals surface area (Å²) in [6.45, 7) is 0. The number of carbonyl (C=O) groups is 1. The SMILES string of the molecule is Nc1cc(Cl)cc(C(=O)Cc2cn3ccsc3n2)c1. The Bertz CT molecular complexity index is 713. The van der Waals surface area contributed by atoms with Gasteiger partial charge in [0.1, 0.15) is 0 Å². The molecule has 0 bridgehead atoms. The van der Waals surface area contributed by atoms with Crippen LogP contribution in [0.25, 0.3) is 4.96 Å². The second kappa shape index (κ2) is 4.68. The summed E-state index contributed by atoms with van der Waals surface area (Å²) in [4.78, 5) is 17.4. The maximum absolute atomic E-state index is 12.2. The Morgan fingerprint density at radius 2 is 2.26 bits per heavy atom. The molecule has 0 aliphatic heterocycles. The van der Waals surface area contributed by atoms with Crippen molar-refractivity contribution in [3.05, 3.63) is 52.3 Å². The molecule has 2 heterocycles.